The Kier molecular flexibility index (Phi) is 9.11. The molecule has 4 aromatic carbocycles. The van der Waals surface area contributed by atoms with Crippen LogP contribution in [-0.2, 0) is 11.2 Å². The summed E-state index contributed by atoms with van der Waals surface area (Å²) in [5, 5.41) is 0. The lowest BCUT2D eigenvalue weighted by molar-refractivity contribution is -0.143. The van der Waals surface area contributed by atoms with Gasteiger partial charge in [-0.05, 0) is 100 Å². The predicted octanol–water partition coefficient (Wildman–Crippen LogP) is 10.3. The molecule has 0 aliphatic heterocycles. The molecule has 42 heavy (non-hydrogen) atoms. The minimum Gasteiger partial charge on any atom is -0.487 e. The van der Waals surface area contributed by atoms with Gasteiger partial charge in [-0.1, -0.05) is 85.8 Å². The van der Waals surface area contributed by atoms with E-state index in [0.717, 1.165) is 44.7 Å². The summed E-state index contributed by atoms with van der Waals surface area (Å²) in [4.78, 5) is 13.0. The highest BCUT2D eigenvalue weighted by Gasteiger charge is 2.27. The number of benzene rings is 4. The Morgan fingerprint density at radius 1 is 0.786 bits per heavy atom. The molecule has 0 N–H and O–H groups in total. The molecular weight excluding hydrogens is 516 g/mol. The summed E-state index contributed by atoms with van der Waals surface area (Å²) >= 11 is 0. The number of hydrogen-bond donors (Lipinski definition) is 0. The molecule has 218 valence electrons. The second-order valence-electron chi connectivity index (χ2n) is 13.1. The van der Waals surface area contributed by atoms with E-state index in [0.29, 0.717) is 12.2 Å². The molecule has 1 atom stereocenters. The van der Waals surface area contributed by atoms with E-state index in [9.17, 15) is 4.79 Å². The van der Waals surface area contributed by atoms with Crippen molar-refractivity contribution < 1.29 is 14.3 Å². The molecule has 0 saturated heterocycles. The molecule has 3 nitrogen and oxygen atoms in total. The van der Waals surface area contributed by atoms with Gasteiger partial charge in [-0.25, -0.2) is 0 Å². The van der Waals surface area contributed by atoms with Crippen molar-refractivity contribution >= 4 is 5.97 Å². The lowest BCUT2D eigenvalue weighted by atomic mass is 9.85. The monoisotopic (exact) mass is 560 g/mol. The summed E-state index contributed by atoms with van der Waals surface area (Å²) in [6, 6.07) is 29.4. The maximum atomic E-state index is 13.0. The normalized spacial score (nSPS) is 12.5. The minimum absolute atomic E-state index is 0.0632. The second-order valence-corrected chi connectivity index (χ2v) is 13.1. The van der Waals surface area contributed by atoms with Gasteiger partial charge in [-0.15, -0.1) is 6.58 Å². The first-order valence-electron chi connectivity index (χ1n) is 14.7. The van der Waals surface area contributed by atoms with Crippen molar-refractivity contribution in [2.45, 2.75) is 73.3 Å². The zero-order chi connectivity index (χ0) is 30.7. The third-order valence-electron chi connectivity index (χ3n) is 7.23. The first-order chi connectivity index (χ1) is 19.8. The van der Waals surface area contributed by atoms with Crippen molar-refractivity contribution in [2.75, 3.05) is 0 Å². The molecule has 0 aliphatic rings. The zero-order valence-electron chi connectivity index (χ0n) is 26.4. The van der Waals surface area contributed by atoms with Crippen molar-refractivity contribution in [3.05, 3.63) is 120 Å². The maximum absolute atomic E-state index is 13.0. The van der Waals surface area contributed by atoms with Crippen LogP contribution in [0.1, 0.15) is 76.6 Å². The average molecular weight is 561 g/mol. The third-order valence-corrected chi connectivity index (χ3v) is 7.23. The van der Waals surface area contributed by atoms with Crippen LogP contribution in [0.2, 0.25) is 0 Å². The average Bonchev–Trinajstić information content (AvgIpc) is 2.94. The van der Waals surface area contributed by atoms with Crippen LogP contribution in [0.4, 0.5) is 0 Å². The Morgan fingerprint density at radius 2 is 1.29 bits per heavy atom. The van der Waals surface area contributed by atoms with Gasteiger partial charge in [0.05, 0.1) is 5.41 Å². The number of allylic oxidation sites excluding steroid dienone is 1. The lowest BCUT2D eigenvalue weighted by Gasteiger charge is -2.27. The standard InChI is InChI=1S/C39H44O3/c1-10-17-30-23-32(25-34(29-20-15-12-16-21-29)36(30)42-39(7,8)9)27(3)31-22-26(2)35(41-37(40)38(4,5)6)33(24-31)28-18-13-11-14-19-28/h10-16,18-25,27H,1,17H2,2-9H3. The number of carbonyl (C=O) groups is 1. The largest absolute Gasteiger partial charge is 0.487 e. The van der Waals surface area contributed by atoms with E-state index >= 15 is 0 Å². The van der Waals surface area contributed by atoms with Gasteiger partial charge in [0, 0.05) is 17.0 Å². The number of hydrogen-bond acceptors (Lipinski definition) is 3. The van der Waals surface area contributed by atoms with E-state index in [2.05, 4.69) is 94.9 Å². The molecule has 0 saturated carbocycles. The zero-order valence-corrected chi connectivity index (χ0v) is 26.4. The van der Waals surface area contributed by atoms with Crippen molar-refractivity contribution in [3.63, 3.8) is 0 Å². The summed E-state index contributed by atoms with van der Waals surface area (Å²) in [7, 11) is 0. The first-order valence-corrected chi connectivity index (χ1v) is 14.7. The van der Waals surface area contributed by atoms with E-state index in [1.54, 1.807) is 0 Å². The molecule has 4 rings (SSSR count). The van der Waals surface area contributed by atoms with Crippen molar-refractivity contribution in [1.82, 2.24) is 0 Å². The highest BCUT2D eigenvalue weighted by Crippen LogP contribution is 2.42. The molecule has 0 fully saturated rings. The van der Waals surface area contributed by atoms with Crippen molar-refractivity contribution in [2.24, 2.45) is 5.41 Å². The Bertz CT molecular complexity index is 1550. The van der Waals surface area contributed by atoms with Gasteiger partial charge in [0.2, 0.25) is 0 Å². The number of aryl methyl sites for hydroxylation is 1. The molecule has 3 heteroatoms. The Labute approximate surface area is 252 Å². The molecule has 0 aliphatic carbocycles. The highest BCUT2D eigenvalue weighted by molar-refractivity contribution is 5.83. The number of rotatable bonds is 8. The topological polar surface area (TPSA) is 35.5 Å². The summed E-state index contributed by atoms with van der Waals surface area (Å²) in [5.74, 6) is 1.33. The van der Waals surface area contributed by atoms with Crippen LogP contribution < -0.4 is 9.47 Å². The first kappa shape index (κ1) is 30.8. The van der Waals surface area contributed by atoms with Gasteiger partial charge in [-0.3, -0.25) is 4.79 Å². The minimum atomic E-state index is -0.612. The van der Waals surface area contributed by atoms with E-state index in [1.165, 1.54) is 5.56 Å². The van der Waals surface area contributed by atoms with Crippen LogP contribution in [0.3, 0.4) is 0 Å². The van der Waals surface area contributed by atoms with Crippen LogP contribution in [-0.4, -0.2) is 11.6 Å². The highest BCUT2D eigenvalue weighted by atomic mass is 16.5. The van der Waals surface area contributed by atoms with Crippen LogP contribution >= 0.6 is 0 Å². The Morgan fingerprint density at radius 3 is 1.76 bits per heavy atom. The van der Waals surface area contributed by atoms with Gasteiger partial charge >= 0.3 is 5.97 Å². The SMILES string of the molecule is C=CCc1cc(C(C)c2cc(C)c(OC(=O)C(C)(C)C)c(-c3ccccc3)c2)cc(-c2ccccc2)c1OC(C)(C)C. The van der Waals surface area contributed by atoms with Crippen LogP contribution in [0, 0.1) is 12.3 Å². The fourth-order valence-electron chi connectivity index (χ4n) is 4.99. The lowest BCUT2D eigenvalue weighted by Crippen LogP contribution is -2.26. The van der Waals surface area contributed by atoms with E-state index in [1.807, 2.05) is 58.0 Å². The molecule has 0 heterocycles. The molecule has 0 spiro atoms. The Balaban J connectivity index is 1.90. The predicted molar refractivity (Wildman–Crippen MR) is 175 cm³/mol. The second kappa shape index (κ2) is 12.4. The molecule has 4 aromatic rings. The molecule has 0 aromatic heterocycles. The quantitative estimate of drug-likeness (QED) is 0.122. The van der Waals surface area contributed by atoms with Crippen LogP contribution in [0.25, 0.3) is 22.3 Å². The molecule has 1 unspecified atom stereocenters. The van der Waals surface area contributed by atoms with E-state index in [-0.39, 0.29) is 17.5 Å². The summed E-state index contributed by atoms with van der Waals surface area (Å²) in [6.07, 6.45) is 2.63. The fraction of sp³-hybridized carbons (Fsp3) is 0.308. The Hall–Kier alpha value is -4.11. The van der Waals surface area contributed by atoms with Crippen LogP contribution in [0.15, 0.2) is 97.6 Å². The fourth-order valence-corrected chi connectivity index (χ4v) is 4.99. The van der Waals surface area contributed by atoms with Gasteiger partial charge < -0.3 is 9.47 Å². The third kappa shape index (κ3) is 7.20. The van der Waals surface area contributed by atoms with E-state index in [4.69, 9.17) is 9.47 Å². The maximum Gasteiger partial charge on any atom is 0.316 e. The van der Waals surface area contributed by atoms with Gasteiger partial charge in [-0.2, -0.15) is 0 Å². The van der Waals surface area contributed by atoms with Gasteiger partial charge in [0.25, 0.3) is 0 Å². The smallest absolute Gasteiger partial charge is 0.316 e. The number of ether oxygens (including phenoxy) is 2. The summed E-state index contributed by atoms with van der Waals surface area (Å²) in [6.45, 7) is 20.2. The van der Waals surface area contributed by atoms with Gasteiger partial charge in [0.1, 0.15) is 17.1 Å². The van der Waals surface area contributed by atoms with Crippen molar-refractivity contribution in [3.8, 4) is 33.8 Å². The molecule has 0 radical (unpaired) electrons. The molecule has 0 bridgehead atoms. The molecular formula is C39H44O3. The summed E-state index contributed by atoms with van der Waals surface area (Å²) < 4.78 is 12.7. The van der Waals surface area contributed by atoms with Gasteiger partial charge in [0.15, 0.2) is 0 Å². The number of esters is 1. The van der Waals surface area contributed by atoms with Crippen molar-refractivity contribution in [1.29, 1.82) is 0 Å². The van der Waals surface area contributed by atoms with Crippen LogP contribution in [0.5, 0.6) is 11.5 Å². The number of carbonyl (C=O) groups excluding carboxylic acids is 1. The summed E-state index contributed by atoms with van der Waals surface area (Å²) in [5.41, 5.74) is 7.52. The molecule has 0 amide bonds. The van der Waals surface area contributed by atoms with E-state index < -0.39 is 5.41 Å².